The van der Waals surface area contributed by atoms with Gasteiger partial charge in [-0.25, -0.2) is 0 Å². The summed E-state index contributed by atoms with van der Waals surface area (Å²) in [6.07, 6.45) is 4.16. The van der Waals surface area contributed by atoms with Crippen LogP contribution in [0.1, 0.15) is 13.8 Å². The Kier molecular flexibility index (Phi) is 10.1. The quantitative estimate of drug-likeness (QED) is 0.478. The highest BCUT2D eigenvalue weighted by atomic mass is 32.2. The number of hydrogen-bond donors (Lipinski definition) is 1. The standard InChI is InChI=1S/C10H22N2S/c1-3-12(4-2)8-10-13-9-6-5-7-11/h5-6H,3-4,7-11H2,1-2H3. The molecule has 0 atom stereocenters. The second-order valence-electron chi connectivity index (χ2n) is 2.81. The average Bonchev–Trinajstić information content (AvgIpc) is 2.17. The van der Waals surface area contributed by atoms with E-state index in [0.29, 0.717) is 6.54 Å². The Bertz CT molecular complexity index is 122. The molecule has 0 heterocycles. The molecule has 0 aromatic heterocycles. The van der Waals surface area contributed by atoms with E-state index < -0.39 is 0 Å². The van der Waals surface area contributed by atoms with Crippen molar-refractivity contribution in [2.75, 3.05) is 37.7 Å². The van der Waals surface area contributed by atoms with Crippen LogP contribution in [0.15, 0.2) is 12.2 Å². The number of nitrogens with zero attached hydrogens (tertiary/aromatic N) is 1. The molecule has 0 aliphatic heterocycles. The molecule has 0 aliphatic carbocycles. The first-order chi connectivity index (χ1) is 6.35. The summed E-state index contributed by atoms with van der Waals surface area (Å²) in [7, 11) is 0. The second kappa shape index (κ2) is 10.1. The van der Waals surface area contributed by atoms with E-state index in [1.165, 1.54) is 12.3 Å². The van der Waals surface area contributed by atoms with Gasteiger partial charge in [-0.2, -0.15) is 11.8 Å². The Labute approximate surface area is 86.6 Å². The lowest BCUT2D eigenvalue weighted by Crippen LogP contribution is -2.25. The van der Waals surface area contributed by atoms with Gasteiger partial charge in [0.1, 0.15) is 0 Å². The monoisotopic (exact) mass is 202 g/mol. The van der Waals surface area contributed by atoms with Crippen molar-refractivity contribution in [1.29, 1.82) is 0 Å². The molecule has 78 valence electrons. The third-order valence-electron chi connectivity index (χ3n) is 1.96. The van der Waals surface area contributed by atoms with Gasteiger partial charge in [-0.3, -0.25) is 0 Å². The number of rotatable bonds is 8. The van der Waals surface area contributed by atoms with Crippen molar-refractivity contribution in [1.82, 2.24) is 4.90 Å². The molecule has 0 aromatic carbocycles. The molecular weight excluding hydrogens is 180 g/mol. The van der Waals surface area contributed by atoms with Gasteiger partial charge in [0.2, 0.25) is 0 Å². The lowest BCUT2D eigenvalue weighted by molar-refractivity contribution is 0.324. The summed E-state index contributed by atoms with van der Waals surface area (Å²) < 4.78 is 0. The van der Waals surface area contributed by atoms with Gasteiger partial charge in [-0.1, -0.05) is 26.0 Å². The Morgan fingerprint density at radius 2 is 1.92 bits per heavy atom. The first-order valence-electron chi connectivity index (χ1n) is 5.00. The molecule has 13 heavy (non-hydrogen) atoms. The van der Waals surface area contributed by atoms with Crippen LogP contribution < -0.4 is 5.73 Å². The summed E-state index contributed by atoms with van der Waals surface area (Å²) >= 11 is 1.97. The van der Waals surface area contributed by atoms with Crippen molar-refractivity contribution in [3.8, 4) is 0 Å². The molecular formula is C10H22N2S. The van der Waals surface area contributed by atoms with Crippen molar-refractivity contribution in [3.05, 3.63) is 12.2 Å². The van der Waals surface area contributed by atoms with E-state index in [-0.39, 0.29) is 0 Å². The Morgan fingerprint density at radius 1 is 1.23 bits per heavy atom. The lowest BCUT2D eigenvalue weighted by atomic mass is 10.5. The zero-order chi connectivity index (χ0) is 9.94. The summed E-state index contributed by atoms with van der Waals surface area (Å²) in [5, 5.41) is 0. The highest BCUT2D eigenvalue weighted by Crippen LogP contribution is 2.01. The fourth-order valence-electron chi connectivity index (χ4n) is 1.05. The molecule has 2 nitrogen and oxygen atoms in total. The summed E-state index contributed by atoms with van der Waals surface area (Å²) in [6, 6.07) is 0. The minimum absolute atomic E-state index is 0.663. The van der Waals surface area contributed by atoms with Gasteiger partial charge in [-0.05, 0) is 13.1 Å². The largest absolute Gasteiger partial charge is 0.327 e. The highest BCUT2D eigenvalue weighted by molar-refractivity contribution is 7.99. The summed E-state index contributed by atoms with van der Waals surface area (Å²) in [5.41, 5.74) is 5.33. The van der Waals surface area contributed by atoms with Gasteiger partial charge >= 0.3 is 0 Å². The molecule has 0 saturated carbocycles. The van der Waals surface area contributed by atoms with Crippen molar-refractivity contribution >= 4 is 11.8 Å². The smallest absolute Gasteiger partial charge is 0.0114 e. The first-order valence-corrected chi connectivity index (χ1v) is 6.15. The molecule has 0 spiro atoms. The van der Waals surface area contributed by atoms with E-state index in [4.69, 9.17) is 5.73 Å². The molecule has 3 heteroatoms. The van der Waals surface area contributed by atoms with E-state index in [1.54, 1.807) is 0 Å². The molecule has 0 aliphatic rings. The zero-order valence-electron chi connectivity index (χ0n) is 8.83. The minimum atomic E-state index is 0.663. The van der Waals surface area contributed by atoms with E-state index in [0.717, 1.165) is 18.8 Å². The van der Waals surface area contributed by atoms with Gasteiger partial charge in [0, 0.05) is 24.6 Å². The van der Waals surface area contributed by atoms with Crippen LogP contribution in [-0.2, 0) is 0 Å². The van der Waals surface area contributed by atoms with Crippen LogP contribution in [0, 0.1) is 0 Å². The van der Waals surface area contributed by atoms with Gasteiger partial charge in [0.05, 0.1) is 0 Å². The molecule has 0 rings (SSSR count). The minimum Gasteiger partial charge on any atom is -0.327 e. The van der Waals surface area contributed by atoms with Gasteiger partial charge < -0.3 is 10.6 Å². The maximum atomic E-state index is 5.33. The SMILES string of the molecule is CCN(CC)CCSCC=CCN. The van der Waals surface area contributed by atoms with E-state index in [1.807, 2.05) is 17.8 Å². The van der Waals surface area contributed by atoms with Crippen molar-refractivity contribution < 1.29 is 0 Å². The highest BCUT2D eigenvalue weighted by Gasteiger charge is 1.96. The van der Waals surface area contributed by atoms with E-state index >= 15 is 0 Å². The molecule has 0 radical (unpaired) electrons. The van der Waals surface area contributed by atoms with Gasteiger partial charge in [-0.15, -0.1) is 0 Å². The van der Waals surface area contributed by atoms with Crippen LogP contribution in [0.5, 0.6) is 0 Å². The zero-order valence-corrected chi connectivity index (χ0v) is 9.65. The van der Waals surface area contributed by atoms with Gasteiger partial charge in [0.15, 0.2) is 0 Å². The van der Waals surface area contributed by atoms with Gasteiger partial charge in [0.25, 0.3) is 0 Å². The van der Waals surface area contributed by atoms with Crippen LogP contribution >= 0.6 is 11.8 Å². The van der Waals surface area contributed by atoms with E-state index in [2.05, 4.69) is 24.8 Å². The normalized spacial score (nSPS) is 11.7. The summed E-state index contributed by atoms with van der Waals surface area (Å²) in [5.74, 6) is 2.31. The number of nitrogens with two attached hydrogens (primary N) is 1. The Balaban J connectivity index is 3.19. The maximum Gasteiger partial charge on any atom is 0.0114 e. The van der Waals surface area contributed by atoms with Crippen molar-refractivity contribution in [2.45, 2.75) is 13.8 Å². The predicted octanol–water partition coefficient (Wildman–Crippen LogP) is 1.58. The molecule has 0 amide bonds. The molecule has 2 N–H and O–H groups in total. The fourth-order valence-corrected chi connectivity index (χ4v) is 1.88. The number of thioether (sulfide) groups is 1. The fraction of sp³-hybridized carbons (Fsp3) is 0.800. The van der Waals surface area contributed by atoms with Crippen LogP contribution in [0.2, 0.25) is 0 Å². The van der Waals surface area contributed by atoms with Crippen LogP contribution in [0.3, 0.4) is 0 Å². The predicted molar refractivity (Wildman–Crippen MR) is 63.3 cm³/mol. The van der Waals surface area contributed by atoms with Crippen molar-refractivity contribution in [2.24, 2.45) is 5.73 Å². The van der Waals surface area contributed by atoms with Crippen molar-refractivity contribution in [3.63, 3.8) is 0 Å². The second-order valence-corrected chi connectivity index (χ2v) is 3.96. The van der Waals surface area contributed by atoms with Crippen LogP contribution in [-0.4, -0.2) is 42.6 Å². The van der Waals surface area contributed by atoms with Crippen LogP contribution in [0.25, 0.3) is 0 Å². The third-order valence-corrected chi connectivity index (χ3v) is 2.86. The Morgan fingerprint density at radius 3 is 2.46 bits per heavy atom. The first kappa shape index (κ1) is 13.0. The summed E-state index contributed by atoms with van der Waals surface area (Å²) in [6.45, 7) is 8.61. The third kappa shape index (κ3) is 8.34. The molecule has 0 aromatic rings. The molecule has 0 saturated heterocycles. The molecule has 0 unspecified atom stereocenters. The maximum absolute atomic E-state index is 5.33. The lowest BCUT2D eigenvalue weighted by Gasteiger charge is -2.16. The number of hydrogen-bond acceptors (Lipinski definition) is 3. The Hall–Kier alpha value is 0.01000. The van der Waals surface area contributed by atoms with E-state index in [9.17, 15) is 0 Å². The molecule has 0 fully saturated rings. The summed E-state index contributed by atoms with van der Waals surface area (Å²) in [4.78, 5) is 2.44. The van der Waals surface area contributed by atoms with Crippen LogP contribution in [0.4, 0.5) is 0 Å². The topological polar surface area (TPSA) is 29.3 Å². The molecule has 0 bridgehead atoms. The average molecular weight is 202 g/mol.